The normalized spacial score (nSPS) is 27.1. The van der Waals surface area contributed by atoms with Crippen LogP contribution in [-0.4, -0.2) is 33.3 Å². The van der Waals surface area contributed by atoms with E-state index in [9.17, 15) is 4.79 Å². The molecule has 1 aromatic carbocycles. The maximum atomic E-state index is 12.8. The minimum absolute atomic E-state index is 0. The van der Waals surface area contributed by atoms with E-state index in [-0.39, 0.29) is 30.3 Å². The molecule has 0 spiro atoms. The van der Waals surface area contributed by atoms with Crippen molar-refractivity contribution >= 4 is 24.0 Å². The van der Waals surface area contributed by atoms with Crippen LogP contribution in [0.3, 0.4) is 0 Å². The standard InChI is InChI=1S/C19H28N2O4.ClH/c1-23-15-9-14(10-16(24-2)18(15)25-3)21-19(22)13-7-11-5-4-6-12(8-13)17(11)20;/h9-13,17H,4-8,20H2,1-3H3,(H,21,22);1H. The maximum Gasteiger partial charge on any atom is 0.227 e. The molecule has 0 radical (unpaired) electrons. The van der Waals surface area contributed by atoms with Gasteiger partial charge in [0.15, 0.2) is 11.5 Å². The molecule has 2 bridgehead atoms. The van der Waals surface area contributed by atoms with Gasteiger partial charge in [-0.1, -0.05) is 6.42 Å². The smallest absolute Gasteiger partial charge is 0.227 e. The lowest BCUT2D eigenvalue weighted by Crippen LogP contribution is -2.48. The van der Waals surface area contributed by atoms with E-state index in [0.717, 1.165) is 25.7 Å². The zero-order valence-electron chi connectivity index (χ0n) is 15.6. The number of amides is 1. The van der Waals surface area contributed by atoms with E-state index < -0.39 is 0 Å². The molecule has 1 aromatic rings. The van der Waals surface area contributed by atoms with E-state index in [0.29, 0.717) is 34.8 Å². The highest BCUT2D eigenvalue weighted by atomic mass is 35.5. The van der Waals surface area contributed by atoms with Gasteiger partial charge in [-0.3, -0.25) is 4.79 Å². The molecular weight excluding hydrogens is 356 g/mol. The first kappa shape index (κ1) is 20.6. The topological polar surface area (TPSA) is 82.8 Å². The van der Waals surface area contributed by atoms with Crippen molar-refractivity contribution in [2.24, 2.45) is 23.5 Å². The molecule has 3 N–H and O–H groups in total. The van der Waals surface area contributed by atoms with Crippen molar-refractivity contribution in [3.63, 3.8) is 0 Å². The fourth-order valence-electron chi connectivity index (χ4n) is 4.40. The molecule has 2 aliphatic rings. The van der Waals surface area contributed by atoms with Crippen LogP contribution < -0.4 is 25.3 Å². The van der Waals surface area contributed by atoms with Crippen molar-refractivity contribution in [2.45, 2.75) is 38.1 Å². The van der Waals surface area contributed by atoms with Crippen molar-refractivity contribution in [3.05, 3.63) is 12.1 Å². The Morgan fingerprint density at radius 3 is 2.04 bits per heavy atom. The van der Waals surface area contributed by atoms with Crippen LogP contribution in [0.4, 0.5) is 5.69 Å². The number of carbonyl (C=O) groups is 1. The van der Waals surface area contributed by atoms with E-state index >= 15 is 0 Å². The third-order valence-electron chi connectivity index (χ3n) is 5.72. The number of methoxy groups -OCH3 is 3. The number of benzene rings is 1. The first-order chi connectivity index (χ1) is 12.1. The third-order valence-corrected chi connectivity index (χ3v) is 5.72. The second-order valence-electron chi connectivity index (χ2n) is 7.10. The molecule has 2 fully saturated rings. The number of halogens is 1. The molecule has 26 heavy (non-hydrogen) atoms. The first-order valence-corrected chi connectivity index (χ1v) is 8.93. The second-order valence-corrected chi connectivity index (χ2v) is 7.10. The highest BCUT2D eigenvalue weighted by molar-refractivity contribution is 5.93. The molecule has 0 aromatic heterocycles. The average molecular weight is 385 g/mol. The van der Waals surface area contributed by atoms with Crippen LogP contribution >= 0.6 is 12.4 Å². The number of nitrogens with one attached hydrogen (secondary N) is 1. The number of ether oxygens (including phenoxy) is 3. The van der Waals surface area contributed by atoms with Gasteiger partial charge in [-0.25, -0.2) is 0 Å². The van der Waals surface area contributed by atoms with Crippen LogP contribution in [0.1, 0.15) is 32.1 Å². The van der Waals surface area contributed by atoms with Crippen LogP contribution in [-0.2, 0) is 4.79 Å². The third kappa shape index (κ3) is 4.01. The molecule has 2 aliphatic carbocycles. The largest absolute Gasteiger partial charge is 0.493 e. The monoisotopic (exact) mass is 384 g/mol. The lowest BCUT2D eigenvalue weighted by atomic mass is 9.65. The van der Waals surface area contributed by atoms with Gasteiger partial charge in [0.1, 0.15) is 0 Å². The highest BCUT2D eigenvalue weighted by Gasteiger charge is 2.40. The fraction of sp³-hybridized carbons (Fsp3) is 0.632. The van der Waals surface area contributed by atoms with E-state index in [1.165, 1.54) is 6.42 Å². The fourth-order valence-corrected chi connectivity index (χ4v) is 4.40. The average Bonchev–Trinajstić information content (AvgIpc) is 2.60. The van der Waals surface area contributed by atoms with Crippen molar-refractivity contribution in [3.8, 4) is 17.2 Å². The number of nitrogens with two attached hydrogens (primary N) is 1. The van der Waals surface area contributed by atoms with E-state index in [4.69, 9.17) is 19.9 Å². The predicted octanol–water partition coefficient (Wildman–Crippen LogP) is 3.23. The van der Waals surface area contributed by atoms with Crippen LogP contribution in [0.25, 0.3) is 0 Å². The number of fused-ring (bicyclic) bond motifs is 2. The number of hydrogen-bond donors (Lipinski definition) is 2. The number of anilines is 1. The molecule has 0 saturated heterocycles. The van der Waals surface area contributed by atoms with Gasteiger partial charge in [0.25, 0.3) is 0 Å². The molecule has 2 saturated carbocycles. The Kier molecular flexibility index (Phi) is 7.01. The summed E-state index contributed by atoms with van der Waals surface area (Å²) in [5.74, 6) is 2.60. The number of carbonyl (C=O) groups excluding carboxylic acids is 1. The van der Waals surface area contributed by atoms with Crippen LogP contribution in [0.15, 0.2) is 12.1 Å². The van der Waals surface area contributed by atoms with Gasteiger partial charge in [-0.15, -0.1) is 12.4 Å². The highest BCUT2D eigenvalue weighted by Crippen LogP contribution is 2.43. The number of hydrogen-bond acceptors (Lipinski definition) is 5. The van der Waals surface area contributed by atoms with Gasteiger partial charge in [0.2, 0.25) is 11.7 Å². The minimum Gasteiger partial charge on any atom is -0.493 e. The molecule has 146 valence electrons. The first-order valence-electron chi connectivity index (χ1n) is 8.93. The maximum absolute atomic E-state index is 12.8. The SMILES string of the molecule is COc1cc(NC(=O)C2CC3CCCC(C2)C3N)cc(OC)c1OC.Cl. The van der Waals surface area contributed by atoms with E-state index in [1.54, 1.807) is 33.5 Å². The zero-order valence-corrected chi connectivity index (χ0v) is 16.4. The van der Waals surface area contributed by atoms with Gasteiger partial charge >= 0.3 is 0 Å². The Hall–Kier alpha value is -1.66. The van der Waals surface area contributed by atoms with Crippen molar-refractivity contribution in [1.82, 2.24) is 0 Å². The van der Waals surface area contributed by atoms with E-state index in [1.807, 2.05) is 0 Å². The molecule has 3 rings (SSSR count). The molecule has 0 aliphatic heterocycles. The Bertz CT molecular complexity index is 601. The minimum atomic E-state index is 0. The van der Waals surface area contributed by atoms with Crippen LogP contribution in [0.5, 0.6) is 17.2 Å². The molecule has 2 unspecified atom stereocenters. The van der Waals surface area contributed by atoms with Gasteiger partial charge in [-0.05, 0) is 37.5 Å². The second kappa shape index (κ2) is 8.82. The summed E-state index contributed by atoms with van der Waals surface area (Å²) in [4.78, 5) is 12.8. The van der Waals surface area contributed by atoms with E-state index in [2.05, 4.69) is 5.32 Å². The van der Waals surface area contributed by atoms with Gasteiger partial charge in [0, 0.05) is 29.8 Å². The van der Waals surface area contributed by atoms with Gasteiger partial charge in [-0.2, -0.15) is 0 Å². The van der Waals surface area contributed by atoms with Crippen LogP contribution in [0.2, 0.25) is 0 Å². The summed E-state index contributed by atoms with van der Waals surface area (Å²) >= 11 is 0. The summed E-state index contributed by atoms with van der Waals surface area (Å²) < 4.78 is 16.0. The van der Waals surface area contributed by atoms with Gasteiger partial charge in [0.05, 0.1) is 21.3 Å². The summed E-state index contributed by atoms with van der Waals surface area (Å²) in [5.41, 5.74) is 6.98. The Morgan fingerprint density at radius 2 is 1.58 bits per heavy atom. The summed E-state index contributed by atoms with van der Waals surface area (Å²) in [7, 11) is 4.68. The van der Waals surface area contributed by atoms with Crippen molar-refractivity contribution in [1.29, 1.82) is 0 Å². The summed E-state index contributed by atoms with van der Waals surface area (Å²) in [5, 5.41) is 3.02. The molecule has 0 heterocycles. The lowest BCUT2D eigenvalue weighted by molar-refractivity contribution is -0.122. The Morgan fingerprint density at radius 1 is 1.04 bits per heavy atom. The van der Waals surface area contributed by atoms with Crippen molar-refractivity contribution in [2.75, 3.05) is 26.6 Å². The Balaban J connectivity index is 0.00000243. The zero-order chi connectivity index (χ0) is 18.0. The molecule has 2 atom stereocenters. The lowest BCUT2D eigenvalue weighted by Gasteiger charge is -2.43. The van der Waals surface area contributed by atoms with Crippen molar-refractivity contribution < 1.29 is 19.0 Å². The van der Waals surface area contributed by atoms with Crippen LogP contribution in [0, 0.1) is 17.8 Å². The van der Waals surface area contributed by atoms with Gasteiger partial charge < -0.3 is 25.3 Å². The summed E-state index contributed by atoms with van der Waals surface area (Å²) in [6, 6.07) is 3.78. The summed E-state index contributed by atoms with van der Waals surface area (Å²) in [6.45, 7) is 0. The molecule has 6 nitrogen and oxygen atoms in total. The molecular formula is C19H29ClN2O4. The Labute approximate surface area is 161 Å². The molecule has 7 heteroatoms. The predicted molar refractivity (Wildman–Crippen MR) is 104 cm³/mol. The number of rotatable bonds is 5. The quantitative estimate of drug-likeness (QED) is 0.814. The summed E-state index contributed by atoms with van der Waals surface area (Å²) in [6.07, 6.45) is 5.29. The molecule has 1 amide bonds.